The lowest BCUT2D eigenvalue weighted by atomic mass is 10.2. The van der Waals surface area contributed by atoms with Crippen molar-refractivity contribution in [1.82, 2.24) is 14.5 Å². The smallest absolute Gasteiger partial charge is 0.184 e. The number of benzene rings is 1. The first kappa shape index (κ1) is 12.9. The molecule has 0 aliphatic rings. The number of aromatic amines is 1. The molecule has 102 valence electrons. The summed E-state index contributed by atoms with van der Waals surface area (Å²) in [5.74, 6) is -1.75. The standard InChI is InChI=1S/C14H11F2N3S/c15-10-3-4-11-13(12(10)16)19(14(20)18-11)7-5-9-2-1-6-17-8-9/h1-4,6,8H,5,7H2,(H,18,20). The highest BCUT2D eigenvalue weighted by Gasteiger charge is 2.13. The number of aromatic nitrogens is 3. The van der Waals surface area contributed by atoms with E-state index in [0.29, 0.717) is 23.3 Å². The Kier molecular flexibility index (Phi) is 3.31. The van der Waals surface area contributed by atoms with Crippen molar-refractivity contribution in [2.45, 2.75) is 13.0 Å². The van der Waals surface area contributed by atoms with Crippen LogP contribution in [0.2, 0.25) is 0 Å². The highest BCUT2D eigenvalue weighted by molar-refractivity contribution is 7.71. The molecule has 0 aliphatic heterocycles. The van der Waals surface area contributed by atoms with Crippen LogP contribution in [0.25, 0.3) is 11.0 Å². The van der Waals surface area contributed by atoms with Gasteiger partial charge in [0, 0.05) is 18.9 Å². The molecule has 3 rings (SSSR count). The summed E-state index contributed by atoms with van der Waals surface area (Å²) in [4.78, 5) is 6.91. The zero-order valence-corrected chi connectivity index (χ0v) is 11.3. The van der Waals surface area contributed by atoms with E-state index < -0.39 is 11.6 Å². The molecule has 3 aromatic rings. The van der Waals surface area contributed by atoms with Gasteiger partial charge in [0.25, 0.3) is 0 Å². The largest absolute Gasteiger partial charge is 0.330 e. The number of halogens is 2. The Morgan fingerprint density at radius 1 is 1.25 bits per heavy atom. The van der Waals surface area contributed by atoms with E-state index in [4.69, 9.17) is 12.2 Å². The van der Waals surface area contributed by atoms with Gasteiger partial charge < -0.3 is 9.55 Å². The van der Waals surface area contributed by atoms with Gasteiger partial charge in [-0.2, -0.15) is 0 Å². The first-order valence-electron chi connectivity index (χ1n) is 6.12. The van der Waals surface area contributed by atoms with E-state index >= 15 is 0 Å². The fourth-order valence-corrected chi connectivity index (χ4v) is 2.48. The zero-order chi connectivity index (χ0) is 14.1. The number of aryl methyl sites for hydroxylation is 2. The topological polar surface area (TPSA) is 33.6 Å². The van der Waals surface area contributed by atoms with Gasteiger partial charge in [-0.15, -0.1) is 0 Å². The molecule has 3 nitrogen and oxygen atoms in total. The number of rotatable bonds is 3. The van der Waals surface area contributed by atoms with Crippen LogP contribution >= 0.6 is 12.2 Å². The Bertz CT molecular complexity index is 808. The van der Waals surface area contributed by atoms with Gasteiger partial charge in [-0.05, 0) is 42.4 Å². The third-order valence-electron chi connectivity index (χ3n) is 3.17. The van der Waals surface area contributed by atoms with Crippen molar-refractivity contribution in [3.8, 4) is 0 Å². The van der Waals surface area contributed by atoms with Crippen LogP contribution in [0.4, 0.5) is 8.78 Å². The molecule has 0 bridgehead atoms. The van der Waals surface area contributed by atoms with Crippen LogP contribution in [0, 0.1) is 16.4 Å². The maximum absolute atomic E-state index is 13.9. The van der Waals surface area contributed by atoms with Crippen molar-refractivity contribution < 1.29 is 8.78 Å². The molecule has 0 amide bonds. The highest BCUT2D eigenvalue weighted by atomic mass is 32.1. The number of fused-ring (bicyclic) bond motifs is 1. The van der Waals surface area contributed by atoms with Crippen molar-refractivity contribution >= 4 is 23.3 Å². The van der Waals surface area contributed by atoms with Crippen LogP contribution in [0.15, 0.2) is 36.7 Å². The maximum atomic E-state index is 13.9. The molecule has 0 saturated carbocycles. The molecule has 2 heterocycles. The van der Waals surface area contributed by atoms with E-state index in [-0.39, 0.29) is 5.52 Å². The van der Waals surface area contributed by atoms with Crippen molar-refractivity contribution in [2.75, 3.05) is 0 Å². The number of H-pyrrole nitrogens is 1. The van der Waals surface area contributed by atoms with Gasteiger partial charge in [-0.3, -0.25) is 4.98 Å². The Morgan fingerprint density at radius 3 is 2.85 bits per heavy atom. The van der Waals surface area contributed by atoms with Gasteiger partial charge in [-0.1, -0.05) is 6.07 Å². The summed E-state index contributed by atoms with van der Waals surface area (Å²) in [5, 5.41) is 0. The number of nitrogens with zero attached hydrogens (tertiary/aromatic N) is 2. The van der Waals surface area contributed by atoms with Gasteiger partial charge in [0.2, 0.25) is 0 Å². The lowest BCUT2D eigenvalue weighted by Crippen LogP contribution is -2.03. The average Bonchev–Trinajstić information content (AvgIpc) is 2.78. The Balaban J connectivity index is 2.01. The van der Waals surface area contributed by atoms with Crippen LogP contribution in [0.5, 0.6) is 0 Å². The second-order valence-corrected chi connectivity index (χ2v) is 4.84. The molecule has 0 radical (unpaired) electrons. The lowest BCUT2D eigenvalue weighted by molar-refractivity contribution is 0.510. The molecular formula is C14H11F2N3S. The molecule has 1 N–H and O–H groups in total. The molecular weight excluding hydrogens is 280 g/mol. The maximum Gasteiger partial charge on any atom is 0.184 e. The molecule has 0 unspecified atom stereocenters. The average molecular weight is 291 g/mol. The molecule has 0 aliphatic carbocycles. The second-order valence-electron chi connectivity index (χ2n) is 4.45. The van der Waals surface area contributed by atoms with Gasteiger partial charge >= 0.3 is 0 Å². The van der Waals surface area contributed by atoms with E-state index in [2.05, 4.69) is 9.97 Å². The van der Waals surface area contributed by atoms with Gasteiger partial charge in [-0.25, -0.2) is 8.78 Å². The van der Waals surface area contributed by atoms with E-state index in [9.17, 15) is 8.78 Å². The zero-order valence-electron chi connectivity index (χ0n) is 10.4. The summed E-state index contributed by atoms with van der Waals surface area (Å²) in [7, 11) is 0. The number of hydrogen-bond acceptors (Lipinski definition) is 2. The normalized spacial score (nSPS) is 11.1. The Hall–Kier alpha value is -2.08. The first-order chi connectivity index (χ1) is 9.66. The summed E-state index contributed by atoms with van der Waals surface area (Å²) in [5.41, 5.74) is 1.69. The van der Waals surface area contributed by atoms with E-state index in [1.54, 1.807) is 17.0 Å². The lowest BCUT2D eigenvalue weighted by Gasteiger charge is -2.05. The Labute approximate surface area is 118 Å². The molecule has 0 spiro atoms. The van der Waals surface area contributed by atoms with E-state index in [1.807, 2.05) is 12.1 Å². The molecule has 6 heteroatoms. The summed E-state index contributed by atoms with van der Waals surface area (Å²) in [6.45, 7) is 0.463. The monoisotopic (exact) mass is 291 g/mol. The van der Waals surface area contributed by atoms with Gasteiger partial charge in [0.1, 0.15) is 5.52 Å². The second kappa shape index (κ2) is 5.13. The Morgan fingerprint density at radius 2 is 2.10 bits per heavy atom. The van der Waals surface area contributed by atoms with Crippen LogP contribution in [-0.2, 0) is 13.0 Å². The molecule has 0 atom stereocenters. The van der Waals surface area contributed by atoms with Crippen molar-refractivity contribution in [3.63, 3.8) is 0 Å². The van der Waals surface area contributed by atoms with E-state index in [1.165, 1.54) is 6.07 Å². The van der Waals surface area contributed by atoms with Crippen LogP contribution < -0.4 is 0 Å². The van der Waals surface area contributed by atoms with E-state index in [0.717, 1.165) is 11.6 Å². The number of pyridine rings is 1. The fraction of sp³-hybridized carbons (Fsp3) is 0.143. The molecule has 2 aromatic heterocycles. The third-order valence-corrected chi connectivity index (χ3v) is 3.50. The van der Waals surface area contributed by atoms with Crippen molar-refractivity contribution in [1.29, 1.82) is 0 Å². The number of nitrogens with one attached hydrogen (secondary N) is 1. The van der Waals surface area contributed by atoms with Crippen LogP contribution in [0.3, 0.4) is 0 Å². The molecule has 0 fully saturated rings. The first-order valence-corrected chi connectivity index (χ1v) is 6.53. The molecule has 1 aromatic carbocycles. The highest BCUT2D eigenvalue weighted by Crippen LogP contribution is 2.20. The molecule has 0 saturated heterocycles. The fourth-order valence-electron chi connectivity index (χ4n) is 2.19. The van der Waals surface area contributed by atoms with Crippen LogP contribution in [-0.4, -0.2) is 14.5 Å². The van der Waals surface area contributed by atoms with Crippen LogP contribution in [0.1, 0.15) is 5.56 Å². The number of imidazole rings is 1. The van der Waals surface area contributed by atoms with Gasteiger partial charge in [0.15, 0.2) is 16.4 Å². The van der Waals surface area contributed by atoms with Gasteiger partial charge in [0.05, 0.1) is 5.52 Å². The minimum atomic E-state index is -0.874. The molecule has 20 heavy (non-hydrogen) atoms. The third kappa shape index (κ3) is 2.22. The summed E-state index contributed by atoms with van der Waals surface area (Å²) in [6.07, 6.45) is 4.08. The summed E-state index contributed by atoms with van der Waals surface area (Å²) >= 11 is 5.17. The minimum absolute atomic E-state index is 0.180. The predicted molar refractivity (Wildman–Crippen MR) is 75.0 cm³/mol. The van der Waals surface area contributed by atoms with Crippen molar-refractivity contribution in [3.05, 3.63) is 58.6 Å². The SMILES string of the molecule is Fc1ccc2[nH]c(=S)n(CCc3cccnc3)c2c1F. The number of hydrogen-bond donors (Lipinski definition) is 1. The summed E-state index contributed by atoms with van der Waals surface area (Å²) in [6, 6.07) is 6.35. The quantitative estimate of drug-likeness (QED) is 0.748. The summed E-state index contributed by atoms with van der Waals surface area (Å²) < 4.78 is 29.2. The minimum Gasteiger partial charge on any atom is -0.330 e. The van der Waals surface area contributed by atoms with Crippen molar-refractivity contribution in [2.24, 2.45) is 0 Å². The predicted octanol–water partition coefficient (Wildman–Crippen LogP) is 3.61.